The summed E-state index contributed by atoms with van der Waals surface area (Å²) in [5, 5.41) is 11.2. The molecule has 1 aromatic heterocycles. The fourth-order valence-corrected chi connectivity index (χ4v) is 3.43. The molecule has 1 aliphatic rings. The second kappa shape index (κ2) is 9.44. The van der Waals surface area contributed by atoms with Crippen molar-refractivity contribution in [1.82, 2.24) is 20.4 Å². The van der Waals surface area contributed by atoms with Crippen LogP contribution < -0.4 is 15.5 Å². The molecule has 1 aromatic carbocycles. The van der Waals surface area contributed by atoms with Crippen LogP contribution in [0.2, 0.25) is 0 Å². The lowest BCUT2D eigenvalue weighted by Crippen LogP contribution is -2.39. The fraction of sp³-hybridized carbons (Fsp3) is 0.524. The minimum atomic E-state index is 0.192. The summed E-state index contributed by atoms with van der Waals surface area (Å²) < 4.78 is 1.94. The SMILES string of the molecule is CCNC(=NCCn1cc(C)cn1)NC(C)c1cccc(N2CCCC2)c1. The lowest BCUT2D eigenvalue weighted by Gasteiger charge is -2.22. The van der Waals surface area contributed by atoms with Crippen LogP contribution in [0.4, 0.5) is 5.69 Å². The third-order valence-electron chi connectivity index (χ3n) is 4.90. The van der Waals surface area contributed by atoms with Gasteiger partial charge < -0.3 is 15.5 Å². The molecule has 0 radical (unpaired) electrons. The molecule has 0 amide bonds. The molecule has 6 heteroatoms. The third-order valence-corrected chi connectivity index (χ3v) is 4.90. The number of aryl methyl sites for hydroxylation is 1. The lowest BCUT2D eigenvalue weighted by molar-refractivity contribution is 0.617. The minimum absolute atomic E-state index is 0.192. The van der Waals surface area contributed by atoms with E-state index in [9.17, 15) is 0 Å². The zero-order valence-electron chi connectivity index (χ0n) is 16.8. The van der Waals surface area contributed by atoms with Gasteiger partial charge in [0.05, 0.1) is 25.3 Å². The molecule has 1 aliphatic heterocycles. The van der Waals surface area contributed by atoms with Crippen LogP contribution in [-0.2, 0) is 6.54 Å². The number of hydrogen-bond acceptors (Lipinski definition) is 3. The first-order chi connectivity index (χ1) is 13.2. The maximum Gasteiger partial charge on any atom is 0.191 e. The van der Waals surface area contributed by atoms with Crippen molar-refractivity contribution in [2.45, 2.75) is 46.2 Å². The molecule has 146 valence electrons. The summed E-state index contributed by atoms with van der Waals surface area (Å²) in [6, 6.07) is 9.06. The molecule has 1 saturated heterocycles. The third kappa shape index (κ3) is 5.49. The van der Waals surface area contributed by atoms with Gasteiger partial charge in [0.25, 0.3) is 0 Å². The maximum absolute atomic E-state index is 4.71. The smallest absolute Gasteiger partial charge is 0.191 e. The van der Waals surface area contributed by atoms with Crippen molar-refractivity contribution in [3.8, 4) is 0 Å². The summed E-state index contributed by atoms with van der Waals surface area (Å²) in [6.45, 7) is 11.0. The van der Waals surface area contributed by atoms with Crippen molar-refractivity contribution in [2.75, 3.05) is 31.1 Å². The predicted molar refractivity (Wildman–Crippen MR) is 112 cm³/mol. The molecule has 3 rings (SSSR count). The Bertz CT molecular complexity index is 745. The number of benzene rings is 1. The van der Waals surface area contributed by atoms with Gasteiger partial charge in [-0.1, -0.05) is 12.1 Å². The van der Waals surface area contributed by atoms with Crippen molar-refractivity contribution in [3.05, 3.63) is 47.8 Å². The van der Waals surface area contributed by atoms with E-state index in [1.54, 1.807) is 0 Å². The van der Waals surface area contributed by atoms with E-state index in [2.05, 4.69) is 65.7 Å². The Hall–Kier alpha value is -2.50. The molecule has 0 saturated carbocycles. The average Bonchev–Trinajstić information content (AvgIpc) is 3.34. The van der Waals surface area contributed by atoms with Crippen molar-refractivity contribution in [1.29, 1.82) is 0 Å². The molecule has 27 heavy (non-hydrogen) atoms. The molecule has 2 heterocycles. The Morgan fingerprint density at radius 3 is 2.81 bits per heavy atom. The van der Waals surface area contributed by atoms with Crippen LogP contribution in [0.25, 0.3) is 0 Å². The highest BCUT2D eigenvalue weighted by atomic mass is 15.3. The first kappa shape index (κ1) is 19.3. The number of hydrogen-bond donors (Lipinski definition) is 2. The van der Waals surface area contributed by atoms with Crippen molar-refractivity contribution >= 4 is 11.6 Å². The maximum atomic E-state index is 4.71. The molecule has 1 atom stereocenters. The number of nitrogens with one attached hydrogen (secondary N) is 2. The van der Waals surface area contributed by atoms with E-state index in [-0.39, 0.29) is 6.04 Å². The number of guanidine groups is 1. The molecule has 0 spiro atoms. The van der Waals surface area contributed by atoms with E-state index in [4.69, 9.17) is 4.99 Å². The Morgan fingerprint density at radius 2 is 2.11 bits per heavy atom. The number of rotatable bonds is 7. The summed E-state index contributed by atoms with van der Waals surface area (Å²) in [6.07, 6.45) is 6.51. The molecule has 2 aromatic rings. The van der Waals surface area contributed by atoms with Gasteiger partial charge in [0, 0.05) is 31.5 Å². The summed E-state index contributed by atoms with van der Waals surface area (Å²) >= 11 is 0. The van der Waals surface area contributed by atoms with Gasteiger partial charge >= 0.3 is 0 Å². The molecule has 1 unspecified atom stereocenters. The Morgan fingerprint density at radius 1 is 1.30 bits per heavy atom. The van der Waals surface area contributed by atoms with Gasteiger partial charge in [-0.3, -0.25) is 9.67 Å². The number of nitrogens with zero attached hydrogens (tertiary/aromatic N) is 4. The first-order valence-electron chi connectivity index (χ1n) is 10.0. The molecule has 0 bridgehead atoms. The Labute approximate surface area is 162 Å². The van der Waals surface area contributed by atoms with Gasteiger partial charge in [-0.15, -0.1) is 0 Å². The van der Waals surface area contributed by atoms with Gasteiger partial charge in [0.2, 0.25) is 0 Å². The quantitative estimate of drug-likeness (QED) is 0.582. The largest absolute Gasteiger partial charge is 0.372 e. The van der Waals surface area contributed by atoms with Crippen LogP contribution >= 0.6 is 0 Å². The van der Waals surface area contributed by atoms with Crippen molar-refractivity contribution < 1.29 is 0 Å². The zero-order chi connectivity index (χ0) is 19.1. The summed E-state index contributed by atoms with van der Waals surface area (Å²) in [7, 11) is 0. The lowest BCUT2D eigenvalue weighted by atomic mass is 10.1. The molecular formula is C21H32N6. The normalized spacial score (nSPS) is 15.8. The second-order valence-electron chi connectivity index (χ2n) is 7.20. The van der Waals surface area contributed by atoms with Crippen molar-refractivity contribution in [3.63, 3.8) is 0 Å². The monoisotopic (exact) mass is 368 g/mol. The Kier molecular flexibility index (Phi) is 6.74. The predicted octanol–water partition coefficient (Wildman–Crippen LogP) is 3.11. The van der Waals surface area contributed by atoms with Crippen LogP contribution in [0.15, 0.2) is 41.7 Å². The zero-order valence-corrected chi connectivity index (χ0v) is 16.8. The van der Waals surface area contributed by atoms with E-state index < -0.39 is 0 Å². The first-order valence-corrected chi connectivity index (χ1v) is 10.0. The molecule has 2 N–H and O–H groups in total. The van der Waals surface area contributed by atoms with Gasteiger partial charge in [0.15, 0.2) is 5.96 Å². The van der Waals surface area contributed by atoms with Gasteiger partial charge in [-0.2, -0.15) is 5.10 Å². The highest BCUT2D eigenvalue weighted by molar-refractivity contribution is 5.80. The number of aliphatic imine (C=N–C) groups is 1. The minimum Gasteiger partial charge on any atom is -0.372 e. The highest BCUT2D eigenvalue weighted by Crippen LogP contribution is 2.23. The molecule has 6 nitrogen and oxygen atoms in total. The average molecular weight is 369 g/mol. The van der Waals surface area contributed by atoms with Crippen LogP contribution in [-0.4, -0.2) is 41.9 Å². The summed E-state index contributed by atoms with van der Waals surface area (Å²) in [5.74, 6) is 0.848. The van der Waals surface area contributed by atoms with Gasteiger partial charge in [-0.05, 0) is 56.9 Å². The van der Waals surface area contributed by atoms with Crippen LogP contribution in [0.1, 0.15) is 43.9 Å². The van der Waals surface area contributed by atoms with Crippen LogP contribution in [0.3, 0.4) is 0 Å². The van der Waals surface area contributed by atoms with E-state index in [0.29, 0.717) is 6.54 Å². The fourth-order valence-electron chi connectivity index (χ4n) is 3.43. The van der Waals surface area contributed by atoms with E-state index >= 15 is 0 Å². The number of anilines is 1. The highest BCUT2D eigenvalue weighted by Gasteiger charge is 2.14. The van der Waals surface area contributed by atoms with E-state index in [1.165, 1.54) is 42.7 Å². The second-order valence-corrected chi connectivity index (χ2v) is 7.20. The Balaban J connectivity index is 1.61. The summed E-state index contributed by atoms with van der Waals surface area (Å²) in [4.78, 5) is 7.18. The molecule has 0 aliphatic carbocycles. The van der Waals surface area contributed by atoms with E-state index in [0.717, 1.165) is 19.0 Å². The van der Waals surface area contributed by atoms with Gasteiger partial charge in [-0.25, -0.2) is 0 Å². The number of aromatic nitrogens is 2. The van der Waals surface area contributed by atoms with Gasteiger partial charge in [0.1, 0.15) is 0 Å². The standard InChI is InChI=1S/C21H32N6/c1-4-22-21(23-10-13-27-16-17(2)15-24-27)25-18(3)19-8-7-9-20(14-19)26-11-5-6-12-26/h7-9,14-16,18H,4-6,10-13H2,1-3H3,(H2,22,23,25). The van der Waals surface area contributed by atoms with Crippen molar-refractivity contribution in [2.24, 2.45) is 4.99 Å². The van der Waals surface area contributed by atoms with Crippen LogP contribution in [0.5, 0.6) is 0 Å². The topological polar surface area (TPSA) is 57.5 Å². The summed E-state index contributed by atoms with van der Waals surface area (Å²) in [5.41, 5.74) is 3.79. The van der Waals surface area contributed by atoms with E-state index in [1.807, 2.05) is 17.1 Å². The van der Waals surface area contributed by atoms with Crippen LogP contribution in [0, 0.1) is 6.92 Å². The molecule has 1 fully saturated rings. The molecular weight excluding hydrogens is 336 g/mol.